The molecular formula is C21H21N5O2S. The van der Waals surface area contributed by atoms with Crippen LogP contribution in [0, 0.1) is 11.3 Å². The van der Waals surface area contributed by atoms with Crippen LogP contribution >= 0.6 is 11.3 Å². The molecule has 3 heterocycles. The fourth-order valence-electron chi connectivity index (χ4n) is 4.25. The smallest absolute Gasteiger partial charge is 0.265 e. The van der Waals surface area contributed by atoms with Gasteiger partial charge in [0.15, 0.2) is 0 Å². The Hall–Kier alpha value is -3.00. The maximum absolute atomic E-state index is 12.7. The molecule has 0 bridgehead atoms. The van der Waals surface area contributed by atoms with E-state index in [0.29, 0.717) is 18.0 Å². The topological polar surface area (TPSA) is 80.1 Å². The lowest BCUT2D eigenvalue weighted by molar-refractivity contribution is -0.118. The molecule has 1 spiro atoms. The van der Waals surface area contributed by atoms with Gasteiger partial charge in [-0.3, -0.25) is 14.6 Å². The third kappa shape index (κ3) is 3.44. The molecule has 1 atom stereocenters. The summed E-state index contributed by atoms with van der Waals surface area (Å²) in [6, 6.07) is 9.56. The molecule has 5 rings (SSSR count). The van der Waals surface area contributed by atoms with Crippen LogP contribution in [0.2, 0.25) is 0 Å². The number of benzene rings is 1. The number of amides is 2. The van der Waals surface area contributed by atoms with Crippen molar-refractivity contribution < 1.29 is 9.59 Å². The Morgan fingerprint density at radius 3 is 2.62 bits per heavy atom. The molecule has 0 radical (unpaired) electrons. The Morgan fingerprint density at radius 2 is 1.97 bits per heavy atom. The highest BCUT2D eigenvalue weighted by atomic mass is 32.1. The van der Waals surface area contributed by atoms with Gasteiger partial charge in [0.05, 0.1) is 17.4 Å². The Morgan fingerprint density at radius 1 is 1.17 bits per heavy atom. The summed E-state index contributed by atoms with van der Waals surface area (Å²) in [5, 5.41) is 7.25. The summed E-state index contributed by atoms with van der Waals surface area (Å²) >= 11 is 1.38. The summed E-state index contributed by atoms with van der Waals surface area (Å²) < 4.78 is 1.78. The highest BCUT2D eigenvalue weighted by molar-refractivity contribution is 7.11. The SMILES string of the molecule is O=C(Nc1ccc(-n2cccn2)cc1)[C@H]1CC12CCN(C(=O)c1cncs1)CC2. The second-order valence-electron chi connectivity index (χ2n) is 7.76. The van der Waals surface area contributed by atoms with Gasteiger partial charge in [-0.15, -0.1) is 11.3 Å². The first-order valence-corrected chi connectivity index (χ1v) is 10.6. The standard InChI is InChI=1S/C21H21N5O2S/c27-19(24-15-2-4-16(5-3-15)26-9-1-8-23-26)17-12-21(17)6-10-25(11-7-21)20(28)18-13-22-14-29-18/h1-5,8-9,13-14,17H,6-7,10-12H2,(H,24,27)/t17-/m1/s1. The summed E-state index contributed by atoms with van der Waals surface area (Å²) in [6.07, 6.45) is 7.92. The number of nitrogens with zero attached hydrogens (tertiary/aromatic N) is 4. The molecule has 3 aromatic rings. The van der Waals surface area contributed by atoms with Gasteiger partial charge in [0.2, 0.25) is 5.91 Å². The quantitative estimate of drug-likeness (QED) is 0.720. The molecule has 1 saturated carbocycles. The molecule has 1 aliphatic heterocycles. The van der Waals surface area contributed by atoms with E-state index >= 15 is 0 Å². The van der Waals surface area contributed by atoms with E-state index in [4.69, 9.17) is 0 Å². The van der Waals surface area contributed by atoms with Crippen molar-refractivity contribution >= 4 is 28.8 Å². The fraction of sp³-hybridized carbons (Fsp3) is 0.333. The molecule has 0 unspecified atom stereocenters. The third-order valence-corrected chi connectivity index (χ3v) is 6.86. The van der Waals surface area contributed by atoms with Crippen LogP contribution in [0.5, 0.6) is 0 Å². The van der Waals surface area contributed by atoms with Crippen LogP contribution in [0.25, 0.3) is 5.69 Å². The monoisotopic (exact) mass is 407 g/mol. The van der Waals surface area contributed by atoms with Crippen molar-refractivity contribution in [3.63, 3.8) is 0 Å². The van der Waals surface area contributed by atoms with E-state index in [0.717, 1.165) is 30.6 Å². The number of nitrogens with one attached hydrogen (secondary N) is 1. The zero-order chi connectivity index (χ0) is 19.8. The van der Waals surface area contributed by atoms with E-state index in [1.165, 1.54) is 11.3 Å². The van der Waals surface area contributed by atoms with Crippen molar-refractivity contribution in [2.45, 2.75) is 19.3 Å². The first kappa shape index (κ1) is 18.1. The lowest BCUT2D eigenvalue weighted by atomic mass is 9.90. The van der Waals surface area contributed by atoms with Crippen molar-refractivity contribution in [1.29, 1.82) is 0 Å². The first-order valence-electron chi connectivity index (χ1n) is 9.73. The zero-order valence-corrected chi connectivity index (χ0v) is 16.6. The number of thiazole rings is 1. The van der Waals surface area contributed by atoms with Crippen molar-refractivity contribution in [2.75, 3.05) is 18.4 Å². The van der Waals surface area contributed by atoms with Gasteiger partial charge in [0, 0.05) is 37.1 Å². The molecule has 2 amide bonds. The van der Waals surface area contributed by atoms with Crippen LogP contribution in [-0.4, -0.2) is 44.6 Å². The minimum Gasteiger partial charge on any atom is -0.338 e. The van der Waals surface area contributed by atoms with E-state index in [9.17, 15) is 9.59 Å². The maximum atomic E-state index is 12.7. The summed E-state index contributed by atoms with van der Waals surface area (Å²) in [5.74, 6) is 0.175. The van der Waals surface area contributed by atoms with Gasteiger partial charge in [-0.1, -0.05) is 0 Å². The number of hydrogen-bond donors (Lipinski definition) is 1. The lowest BCUT2D eigenvalue weighted by Crippen LogP contribution is -2.40. The maximum Gasteiger partial charge on any atom is 0.265 e. The van der Waals surface area contributed by atoms with Crippen LogP contribution in [0.4, 0.5) is 5.69 Å². The molecule has 8 heteroatoms. The molecule has 148 valence electrons. The molecule has 7 nitrogen and oxygen atoms in total. The number of aromatic nitrogens is 3. The Bertz CT molecular complexity index is 1010. The van der Waals surface area contributed by atoms with Gasteiger partial charge in [-0.25, -0.2) is 4.68 Å². The van der Waals surface area contributed by atoms with E-state index in [1.54, 1.807) is 22.6 Å². The van der Waals surface area contributed by atoms with Gasteiger partial charge in [-0.05, 0) is 55.0 Å². The third-order valence-electron chi connectivity index (χ3n) is 6.10. The molecule has 29 heavy (non-hydrogen) atoms. The molecule has 1 N–H and O–H groups in total. The zero-order valence-electron chi connectivity index (χ0n) is 15.8. The van der Waals surface area contributed by atoms with E-state index in [2.05, 4.69) is 15.4 Å². The number of hydrogen-bond acceptors (Lipinski definition) is 5. The first-order chi connectivity index (χ1) is 14.1. The highest BCUT2D eigenvalue weighted by Crippen LogP contribution is 2.59. The highest BCUT2D eigenvalue weighted by Gasteiger charge is 2.58. The van der Waals surface area contributed by atoms with Crippen molar-refractivity contribution in [3.8, 4) is 5.69 Å². The van der Waals surface area contributed by atoms with Gasteiger partial charge >= 0.3 is 0 Å². The van der Waals surface area contributed by atoms with Gasteiger partial charge in [0.1, 0.15) is 4.88 Å². The minimum absolute atomic E-state index is 0.0361. The normalized spacial score (nSPS) is 19.9. The van der Waals surface area contributed by atoms with Crippen molar-refractivity contribution in [2.24, 2.45) is 11.3 Å². The number of likely N-dealkylation sites (tertiary alicyclic amines) is 1. The molecule has 1 aromatic carbocycles. The van der Waals surface area contributed by atoms with E-state index < -0.39 is 0 Å². The Kier molecular flexibility index (Phi) is 4.43. The Balaban J connectivity index is 1.16. The van der Waals surface area contributed by atoms with Gasteiger partial charge in [-0.2, -0.15) is 5.10 Å². The molecule has 2 fully saturated rings. The largest absolute Gasteiger partial charge is 0.338 e. The van der Waals surface area contributed by atoms with Crippen LogP contribution < -0.4 is 5.32 Å². The molecule has 2 aromatic heterocycles. The van der Waals surface area contributed by atoms with Crippen LogP contribution in [0.15, 0.2) is 54.4 Å². The molecule has 2 aliphatic rings. The minimum atomic E-state index is 0.0361. The molecular weight excluding hydrogens is 386 g/mol. The average molecular weight is 407 g/mol. The van der Waals surface area contributed by atoms with Crippen LogP contribution in [-0.2, 0) is 4.79 Å². The second-order valence-corrected chi connectivity index (χ2v) is 8.65. The number of carbonyl (C=O) groups excluding carboxylic acids is 2. The predicted octanol–water partition coefficient (Wildman–Crippen LogP) is 3.21. The number of carbonyl (C=O) groups is 2. The van der Waals surface area contributed by atoms with Crippen molar-refractivity contribution in [3.05, 3.63) is 59.3 Å². The van der Waals surface area contributed by atoms with Crippen LogP contribution in [0.3, 0.4) is 0 Å². The number of anilines is 1. The number of rotatable bonds is 4. The molecule has 1 saturated heterocycles. The summed E-state index contributed by atoms with van der Waals surface area (Å²) in [7, 11) is 0. The summed E-state index contributed by atoms with van der Waals surface area (Å²) in [4.78, 5) is 31.8. The lowest BCUT2D eigenvalue weighted by Gasteiger charge is -2.32. The fourth-order valence-corrected chi connectivity index (χ4v) is 4.84. The van der Waals surface area contributed by atoms with Gasteiger partial charge in [0.25, 0.3) is 5.91 Å². The van der Waals surface area contributed by atoms with Gasteiger partial charge < -0.3 is 10.2 Å². The predicted molar refractivity (Wildman–Crippen MR) is 110 cm³/mol. The molecule has 1 aliphatic carbocycles. The van der Waals surface area contributed by atoms with E-state index in [1.807, 2.05) is 41.4 Å². The second kappa shape index (κ2) is 7.11. The number of piperidine rings is 1. The Labute approximate surface area is 172 Å². The average Bonchev–Trinajstić information content (AvgIpc) is 3.19. The van der Waals surface area contributed by atoms with E-state index in [-0.39, 0.29) is 23.1 Å². The van der Waals surface area contributed by atoms with Crippen LogP contribution in [0.1, 0.15) is 28.9 Å². The summed E-state index contributed by atoms with van der Waals surface area (Å²) in [6.45, 7) is 1.41. The van der Waals surface area contributed by atoms with Crippen molar-refractivity contribution in [1.82, 2.24) is 19.7 Å². The summed E-state index contributed by atoms with van der Waals surface area (Å²) in [5.41, 5.74) is 3.49.